The number of ether oxygens (including phenoxy) is 3. The molecule has 0 saturated heterocycles. The van der Waals surface area contributed by atoms with Gasteiger partial charge in [-0.1, -0.05) is 83.8 Å². The third kappa shape index (κ3) is 12.6. The molecule has 3 nitrogen and oxygen atoms in total. The zero-order chi connectivity index (χ0) is 20.2. The molecule has 0 aromatic heterocycles. The van der Waals surface area contributed by atoms with Gasteiger partial charge in [-0.3, -0.25) is 0 Å². The van der Waals surface area contributed by atoms with Gasteiger partial charge in [-0.25, -0.2) is 0 Å². The molecule has 0 radical (unpaired) electrons. The molecule has 0 aromatic rings. The highest BCUT2D eigenvalue weighted by atomic mass is 16.9. The lowest BCUT2D eigenvalue weighted by Gasteiger charge is -2.38. The fourth-order valence-electron chi connectivity index (χ4n) is 3.53. The highest BCUT2D eigenvalue weighted by Crippen LogP contribution is 2.32. The van der Waals surface area contributed by atoms with E-state index in [1.165, 1.54) is 64.2 Å². The van der Waals surface area contributed by atoms with E-state index in [1.807, 2.05) is 20.8 Å². The Kier molecular flexibility index (Phi) is 18.7. The van der Waals surface area contributed by atoms with Crippen LogP contribution in [0.15, 0.2) is 12.2 Å². The van der Waals surface area contributed by atoms with E-state index in [2.05, 4.69) is 26.0 Å². The minimum atomic E-state index is -0.929. The van der Waals surface area contributed by atoms with E-state index in [0.29, 0.717) is 19.8 Å². The topological polar surface area (TPSA) is 27.7 Å². The fraction of sp³-hybridized carbons (Fsp3) is 0.917. The Balaban J connectivity index is 4.89. The second-order valence-corrected chi connectivity index (χ2v) is 7.34. The molecule has 0 aliphatic carbocycles. The summed E-state index contributed by atoms with van der Waals surface area (Å²) in [4.78, 5) is 0. The van der Waals surface area contributed by atoms with E-state index in [4.69, 9.17) is 14.2 Å². The van der Waals surface area contributed by atoms with Crippen LogP contribution in [0.1, 0.15) is 112 Å². The van der Waals surface area contributed by atoms with Gasteiger partial charge in [-0.05, 0) is 40.0 Å². The van der Waals surface area contributed by atoms with Crippen LogP contribution in [-0.4, -0.2) is 25.8 Å². The lowest BCUT2D eigenvalue weighted by Crippen LogP contribution is -2.46. The summed E-state index contributed by atoms with van der Waals surface area (Å²) < 4.78 is 18.2. The maximum atomic E-state index is 6.07. The molecule has 0 N–H and O–H groups in total. The summed E-state index contributed by atoms with van der Waals surface area (Å²) in [5.74, 6) is -0.781. The molecule has 1 unspecified atom stereocenters. The SMILES string of the molecule is CCCCCCC=CC(CCCCCCCC)C(OCC)(OCC)OCC. The first-order valence-electron chi connectivity index (χ1n) is 11.8. The zero-order valence-electron chi connectivity index (χ0n) is 19.1. The van der Waals surface area contributed by atoms with Crippen LogP contribution < -0.4 is 0 Å². The van der Waals surface area contributed by atoms with Gasteiger partial charge >= 0.3 is 0 Å². The summed E-state index contributed by atoms with van der Waals surface area (Å²) in [6, 6.07) is 0. The van der Waals surface area contributed by atoms with Crippen LogP contribution in [0.4, 0.5) is 0 Å². The number of unbranched alkanes of at least 4 members (excludes halogenated alkanes) is 9. The van der Waals surface area contributed by atoms with Crippen molar-refractivity contribution in [3.63, 3.8) is 0 Å². The van der Waals surface area contributed by atoms with Gasteiger partial charge < -0.3 is 14.2 Å². The Morgan fingerprint density at radius 1 is 0.630 bits per heavy atom. The number of hydrogen-bond acceptors (Lipinski definition) is 3. The molecular formula is C24H48O3. The van der Waals surface area contributed by atoms with Crippen molar-refractivity contribution < 1.29 is 14.2 Å². The van der Waals surface area contributed by atoms with E-state index in [9.17, 15) is 0 Å². The molecule has 0 rings (SSSR count). The van der Waals surface area contributed by atoms with Crippen molar-refractivity contribution in [2.24, 2.45) is 5.92 Å². The molecule has 27 heavy (non-hydrogen) atoms. The van der Waals surface area contributed by atoms with Crippen LogP contribution in [0.2, 0.25) is 0 Å². The molecule has 0 aliphatic rings. The molecular weight excluding hydrogens is 336 g/mol. The van der Waals surface area contributed by atoms with E-state index >= 15 is 0 Å². The van der Waals surface area contributed by atoms with E-state index in [0.717, 1.165) is 12.8 Å². The zero-order valence-corrected chi connectivity index (χ0v) is 19.1. The summed E-state index contributed by atoms with van der Waals surface area (Å²) in [6.45, 7) is 12.4. The molecule has 0 spiro atoms. The maximum absolute atomic E-state index is 6.07. The first-order chi connectivity index (χ1) is 13.2. The molecule has 1 atom stereocenters. The average molecular weight is 385 g/mol. The Morgan fingerprint density at radius 3 is 1.63 bits per heavy atom. The standard InChI is InChI=1S/C24H48O3/c1-6-11-13-15-17-19-21-23(22-20-18-16-14-12-7-2)24(25-8-3,26-9-4)27-10-5/h19,21,23H,6-18,20,22H2,1-5H3. The summed E-state index contributed by atoms with van der Waals surface area (Å²) in [5, 5.41) is 0. The van der Waals surface area contributed by atoms with Crippen molar-refractivity contribution >= 4 is 0 Å². The average Bonchev–Trinajstić information content (AvgIpc) is 2.66. The Labute approximate surface area is 170 Å². The molecule has 0 aromatic carbocycles. The molecule has 3 heteroatoms. The van der Waals surface area contributed by atoms with E-state index < -0.39 is 5.97 Å². The largest absolute Gasteiger partial charge is 0.327 e. The van der Waals surface area contributed by atoms with Gasteiger partial charge in [-0.15, -0.1) is 0 Å². The van der Waals surface area contributed by atoms with Crippen LogP contribution in [0, 0.1) is 5.92 Å². The van der Waals surface area contributed by atoms with E-state index in [1.54, 1.807) is 0 Å². The molecule has 0 bridgehead atoms. The van der Waals surface area contributed by atoms with Crippen molar-refractivity contribution in [1.29, 1.82) is 0 Å². The smallest absolute Gasteiger partial charge is 0.289 e. The summed E-state index contributed by atoms with van der Waals surface area (Å²) in [6.07, 6.45) is 19.8. The van der Waals surface area contributed by atoms with Gasteiger partial charge in [0, 0.05) is 19.8 Å². The van der Waals surface area contributed by atoms with Gasteiger partial charge in [-0.2, -0.15) is 0 Å². The first kappa shape index (κ1) is 26.6. The van der Waals surface area contributed by atoms with Crippen LogP contribution in [-0.2, 0) is 14.2 Å². The maximum Gasteiger partial charge on any atom is 0.289 e. The number of hydrogen-bond donors (Lipinski definition) is 0. The van der Waals surface area contributed by atoms with E-state index in [-0.39, 0.29) is 5.92 Å². The van der Waals surface area contributed by atoms with Gasteiger partial charge in [0.2, 0.25) is 0 Å². The van der Waals surface area contributed by atoms with Gasteiger partial charge in [0.15, 0.2) is 0 Å². The third-order valence-electron chi connectivity index (χ3n) is 4.95. The lowest BCUT2D eigenvalue weighted by atomic mass is 9.96. The molecule has 0 saturated carbocycles. The van der Waals surface area contributed by atoms with Crippen molar-refractivity contribution in [2.75, 3.05) is 19.8 Å². The predicted octanol–water partition coefficient (Wildman–Crippen LogP) is 7.64. The fourth-order valence-corrected chi connectivity index (χ4v) is 3.53. The van der Waals surface area contributed by atoms with Gasteiger partial charge in [0.1, 0.15) is 0 Å². The number of rotatable bonds is 20. The quantitative estimate of drug-likeness (QED) is 0.123. The highest BCUT2D eigenvalue weighted by molar-refractivity contribution is 4.93. The third-order valence-corrected chi connectivity index (χ3v) is 4.95. The second-order valence-electron chi connectivity index (χ2n) is 7.34. The molecule has 0 aliphatic heterocycles. The Bertz CT molecular complexity index is 311. The summed E-state index contributed by atoms with van der Waals surface area (Å²) in [5.41, 5.74) is 0. The number of allylic oxidation sites excluding steroid dienone is 1. The first-order valence-corrected chi connectivity index (χ1v) is 11.8. The predicted molar refractivity (Wildman–Crippen MR) is 117 cm³/mol. The molecule has 0 amide bonds. The van der Waals surface area contributed by atoms with Crippen molar-refractivity contribution in [3.05, 3.63) is 12.2 Å². The highest BCUT2D eigenvalue weighted by Gasteiger charge is 2.40. The Hall–Kier alpha value is -0.380. The monoisotopic (exact) mass is 384 g/mol. The van der Waals surface area contributed by atoms with Crippen LogP contribution in [0.3, 0.4) is 0 Å². The van der Waals surface area contributed by atoms with Crippen LogP contribution in [0.5, 0.6) is 0 Å². The van der Waals surface area contributed by atoms with Gasteiger partial charge in [0.25, 0.3) is 5.97 Å². The summed E-state index contributed by atoms with van der Waals surface area (Å²) >= 11 is 0. The molecule has 0 fully saturated rings. The molecule has 0 heterocycles. The Morgan fingerprint density at radius 2 is 1.11 bits per heavy atom. The molecule has 162 valence electrons. The summed E-state index contributed by atoms with van der Waals surface area (Å²) in [7, 11) is 0. The second kappa shape index (κ2) is 19.0. The van der Waals surface area contributed by atoms with Crippen LogP contribution >= 0.6 is 0 Å². The van der Waals surface area contributed by atoms with Crippen molar-refractivity contribution in [3.8, 4) is 0 Å². The van der Waals surface area contributed by atoms with Crippen molar-refractivity contribution in [2.45, 2.75) is 118 Å². The minimum Gasteiger partial charge on any atom is -0.327 e. The van der Waals surface area contributed by atoms with Gasteiger partial charge in [0.05, 0.1) is 5.92 Å². The van der Waals surface area contributed by atoms with Crippen molar-refractivity contribution in [1.82, 2.24) is 0 Å². The minimum absolute atomic E-state index is 0.148. The normalized spacial score (nSPS) is 13.5. The van der Waals surface area contributed by atoms with Crippen LogP contribution in [0.25, 0.3) is 0 Å². The lowest BCUT2D eigenvalue weighted by molar-refractivity contribution is -0.395.